The molecule has 5 rings (SSSR count). The fraction of sp³-hybridized carbons (Fsp3) is 0.308. The maximum Gasteiger partial charge on any atom is 0.407 e. The molecule has 3 aromatic rings. The molecule has 0 saturated heterocycles. The minimum atomic E-state index is -1.24. The minimum absolute atomic E-state index is 0.0390. The van der Waals surface area contributed by atoms with Crippen LogP contribution >= 0.6 is 0 Å². The summed E-state index contributed by atoms with van der Waals surface area (Å²) in [6.07, 6.45) is 2.83. The summed E-state index contributed by atoms with van der Waals surface area (Å²) < 4.78 is 10.7. The predicted octanol–water partition coefficient (Wildman–Crippen LogP) is 3.70. The van der Waals surface area contributed by atoms with Crippen molar-refractivity contribution in [3.8, 4) is 11.1 Å². The number of benzene rings is 2. The average Bonchev–Trinajstić information content (AvgIpc) is 3.45. The van der Waals surface area contributed by atoms with Crippen molar-refractivity contribution >= 4 is 18.0 Å². The maximum atomic E-state index is 12.8. The Balaban J connectivity index is 1.21. The summed E-state index contributed by atoms with van der Waals surface area (Å²) in [7, 11) is 0. The van der Waals surface area contributed by atoms with Crippen LogP contribution in [-0.2, 0) is 16.1 Å². The Morgan fingerprint density at radius 3 is 2.34 bits per heavy atom. The van der Waals surface area contributed by atoms with Gasteiger partial charge in [-0.15, -0.1) is 0 Å². The molecule has 35 heavy (non-hydrogen) atoms. The number of aromatic nitrogens is 1. The lowest BCUT2D eigenvalue weighted by Crippen LogP contribution is -2.47. The summed E-state index contributed by atoms with van der Waals surface area (Å²) in [5, 5.41) is 14.5. The molecule has 1 atom stereocenters. The Morgan fingerprint density at radius 2 is 1.71 bits per heavy atom. The molecule has 1 unspecified atom stereocenters. The average molecular weight is 476 g/mol. The van der Waals surface area contributed by atoms with E-state index >= 15 is 0 Å². The summed E-state index contributed by atoms with van der Waals surface area (Å²) in [6.45, 7) is 0.00562. The third kappa shape index (κ3) is 4.89. The second kappa shape index (κ2) is 9.61. The normalized spacial score (nSPS) is 15.1. The van der Waals surface area contributed by atoms with E-state index in [2.05, 4.69) is 27.8 Å². The molecule has 2 aliphatic rings. The van der Waals surface area contributed by atoms with Crippen LogP contribution in [0.3, 0.4) is 0 Å². The minimum Gasteiger partial charge on any atom is -0.476 e. The Morgan fingerprint density at radius 1 is 1.06 bits per heavy atom. The molecule has 180 valence electrons. The number of nitrogens with one attached hydrogen (secondary N) is 2. The first kappa shape index (κ1) is 22.6. The second-order valence-corrected chi connectivity index (χ2v) is 8.85. The van der Waals surface area contributed by atoms with Crippen molar-refractivity contribution in [1.82, 2.24) is 15.6 Å². The maximum absolute atomic E-state index is 12.8. The van der Waals surface area contributed by atoms with Crippen molar-refractivity contribution in [2.45, 2.75) is 37.8 Å². The zero-order valence-corrected chi connectivity index (χ0v) is 18.9. The van der Waals surface area contributed by atoms with Gasteiger partial charge in [0.05, 0.1) is 6.54 Å². The molecular formula is C26H25N3O6. The number of hydrogen-bond donors (Lipinski definition) is 3. The van der Waals surface area contributed by atoms with Crippen molar-refractivity contribution in [1.29, 1.82) is 0 Å². The van der Waals surface area contributed by atoms with Crippen molar-refractivity contribution in [3.63, 3.8) is 0 Å². The molecule has 9 nitrogen and oxygen atoms in total. The number of carboxylic acid groups (broad SMARTS) is 1. The van der Waals surface area contributed by atoms with Crippen LogP contribution in [0.1, 0.15) is 52.6 Å². The number of fused-ring (bicyclic) bond motifs is 3. The molecule has 2 aromatic carbocycles. The van der Waals surface area contributed by atoms with Gasteiger partial charge in [-0.05, 0) is 34.6 Å². The van der Waals surface area contributed by atoms with Gasteiger partial charge >= 0.3 is 12.1 Å². The fourth-order valence-corrected chi connectivity index (χ4v) is 4.56. The first-order chi connectivity index (χ1) is 17.0. The number of carbonyl (C=O) groups excluding carboxylic acids is 2. The van der Waals surface area contributed by atoms with Crippen LogP contribution in [0.2, 0.25) is 0 Å². The molecule has 0 bridgehead atoms. The monoisotopic (exact) mass is 475 g/mol. The van der Waals surface area contributed by atoms with Crippen LogP contribution < -0.4 is 10.6 Å². The van der Waals surface area contributed by atoms with E-state index in [0.29, 0.717) is 12.3 Å². The molecule has 2 amide bonds. The van der Waals surface area contributed by atoms with Crippen LogP contribution in [0.25, 0.3) is 11.1 Å². The highest BCUT2D eigenvalue weighted by molar-refractivity contribution is 5.87. The number of aromatic carboxylic acids is 1. The van der Waals surface area contributed by atoms with Crippen LogP contribution in [0, 0.1) is 5.92 Å². The molecule has 2 aliphatic carbocycles. The van der Waals surface area contributed by atoms with Crippen LogP contribution in [0.5, 0.6) is 0 Å². The van der Waals surface area contributed by atoms with Gasteiger partial charge in [-0.25, -0.2) is 14.6 Å². The Kier molecular flexibility index (Phi) is 6.22. The van der Waals surface area contributed by atoms with Gasteiger partial charge in [0, 0.05) is 5.92 Å². The van der Waals surface area contributed by atoms with Gasteiger partial charge in [0.25, 0.3) is 0 Å². The molecule has 1 fully saturated rings. The Labute approximate surface area is 201 Å². The molecule has 0 radical (unpaired) electrons. The van der Waals surface area contributed by atoms with Gasteiger partial charge in [-0.3, -0.25) is 4.79 Å². The Hall–Kier alpha value is -4.14. The van der Waals surface area contributed by atoms with E-state index < -0.39 is 24.0 Å². The highest BCUT2D eigenvalue weighted by atomic mass is 16.5. The van der Waals surface area contributed by atoms with E-state index in [9.17, 15) is 14.4 Å². The van der Waals surface area contributed by atoms with E-state index in [1.165, 1.54) is 0 Å². The number of hydrogen-bond acceptors (Lipinski definition) is 6. The molecule has 9 heteroatoms. The quantitative estimate of drug-likeness (QED) is 0.430. The van der Waals surface area contributed by atoms with E-state index in [-0.39, 0.29) is 30.5 Å². The van der Waals surface area contributed by atoms with Gasteiger partial charge in [-0.1, -0.05) is 61.4 Å². The third-order valence-corrected chi connectivity index (χ3v) is 6.48. The van der Waals surface area contributed by atoms with Gasteiger partial charge < -0.3 is 24.9 Å². The van der Waals surface area contributed by atoms with Gasteiger partial charge in [0.15, 0.2) is 17.8 Å². The van der Waals surface area contributed by atoms with Crippen LogP contribution in [0.4, 0.5) is 4.79 Å². The summed E-state index contributed by atoms with van der Waals surface area (Å²) in [4.78, 5) is 40.3. The molecular weight excluding hydrogens is 450 g/mol. The van der Waals surface area contributed by atoms with Crippen molar-refractivity contribution in [3.05, 3.63) is 77.5 Å². The van der Waals surface area contributed by atoms with E-state index in [4.69, 9.17) is 14.3 Å². The van der Waals surface area contributed by atoms with Crippen molar-refractivity contribution in [2.24, 2.45) is 5.92 Å². The lowest BCUT2D eigenvalue weighted by atomic mass is 9.98. The van der Waals surface area contributed by atoms with Crippen molar-refractivity contribution < 1.29 is 28.6 Å². The summed E-state index contributed by atoms with van der Waals surface area (Å²) in [6, 6.07) is 15.3. The van der Waals surface area contributed by atoms with Crippen LogP contribution in [0.15, 0.2) is 59.3 Å². The molecule has 1 saturated carbocycles. The SMILES string of the molecule is O=C(NC(CC1CC1)C(=O)NCc1ocnc1C(=O)O)OCC1c2ccccc2-c2ccccc21. The predicted molar refractivity (Wildman–Crippen MR) is 125 cm³/mol. The number of rotatable bonds is 9. The molecule has 1 heterocycles. The van der Waals surface area contributed by atoms with E-state index in [1.54, 1.807) is 0 Å². The largest absolute Gasteiger partial charge is 0.476 e. The summed E-state index contributed by atoms with van der Waals surface area (Å²) in [5.74, 6) is -1.35. The summed E-state index contributed by atoms with van der Waals surface area (Å²) >= 11 is 0. The van der Waals surface area contributed by atoms with Crippen LogP contribution in [-0.4, -0.2) is 40.7 Å². The summed E-state index contributed by atoms with van der Waals surface area (Å²) in [5.41, 5.74) is 4.23. The van der Waals surface area contributed by atoms with Crippen molar-refractivity contribution in [2.75, 3.05) is 6.61 Å². The fourth-order valence-electron chi connectivity index (χ4n) is 4.56. The van der Waals surface area contributed by atoms with Gasteiger partial charge in [0.2, 0.25) is 5.91 Å². The third-order valence-electron chi connectivity index (χ3n) is 6.48. The standard InChI is InChI=1S/C26H25N3O6/c30-24(27-12-22-23(25(31)32)28-14-35-22)21(11-15-9-10-15)29-26(33)34-13-20-18-7-3-1-5-16(18)17-6-2-4-8-19(17)20/h1-8,14-15,20-21H,9-13H2,(H,27,30)(H,29,33)(H,31,32). The van der Waals surface area contributed by atoms with E-state index in [1.807, 2.05) is 36.4 Å². The smallest absolute Gasteiger partial charge is 0.407 e. The molecule has 0 spiro atoms. The highest BCUT2D eigenvalue weighted by Gasteiger charge is 2.32. The number of ether oxygens (including phenoxy) is 1. The second-order valence-electron chi connectivity index (χ2n) is 8.85. The van der Waals surface area contributed by atoms with Gasteiger partial charge in [-0.2, -0.15) is 0 Å². The van der Waals surface area contributed by atoms with Gasteiger partial charge in [0.1, 0.15) is 12.6 Å². The number of nitrogens with zero attached hydrogens (tertiary/aromatic N) is 1. The first-order valence-electron chi connectivity index (χ1n) is 11.6. The van der Waals surface area contributed by atoms with E-state index in [0.717, 1.165) is 41.5 Å². The molecule has 1 aromatic heterocycles. The zero-order valence-electron chi connectivity index (χ0n) is 18.9. The Bertz CT molecular complexity index is 1220. The molecule has 0 aliphatic heterocycles. The number of oxazole rings is 1. The lowest BCUT2D eigenvalue weighted by molar-refractivity contribution is -0.123. The first-order valence-corrected chi connectivity index (χ1v) is 11.6. The topological polar surface area (TPSA) is 131 Å². The number of carbonyl (C=O) groups is 3. The number of alkyl carbamates (subject to hydrolysis) is 1. The number of carboxylic acids is 1. The highest BCUT2D eigenvalue weighted by Crippen LogP contribution is 2.44. The lowest BCUT2D eigenvalue weighted by Gasteiger charge is -2.19. The zero-order chi connectivity index (χ0) is 24.4. The number of amides is 2. The molecule has 3 N–H and O–H groups in total.